The van der Waals surface area contributed by atoms with Crippen LogP contribution in [-0.4, -0.2) is 70.1 Å². The van der Waals surface area contributed by atoms with Gasteiger partial charge in [0.05, 0.1) is 29.9 Å². The van der Waals surface area contributed by atoms with Crippen LogP contribution in [0.1, 0.15) is 11.1 Å². The lowest BCUT2D eigenvalue weighted by atomic mass is 10.1. The lowest BCUT2D eigenvalue weighted by Gasteiger charge is -2.34. The number of ether oxygens (including phenoxy) is 1. The van der Waals surface area contributed by atoms with Crippen molar-refractivity contribution >= 4 is 22.9 Å². The first kappa shape index (κ1) is 27.6. The lowest BCUT2D eigenvalue weighted by molar-refractivity contribution is -0.0505. The van der Waals surface area contributed by atoms with E-state index >= 15 is 0 Å². The van der Waals surface area contributed by atoms with E-state index in [1.165, 1.54) is 10.7 Å². The van der Waals surface area contributed by atoms with E-state index in [1.54, 1.807) is 54.3 Å². The molecule has 1 aliphatic rings. The Morgan fingerprint density at radius 2 is 1.83 bits per heavy atom. The zero-order valence-electron chi connectivity index (χ0n) is 22.5. The molecule has 2 aromatic carbocycles. The minimum atomic E-state index is -3.02. The van der Waals surface area contributed by atoms with Gasteiger partial charge in [0.25, 0.3) is 5.56 Å². The van der Waals surface area contributed by atoms with Crippen molar-refractivity contribution in [2.24, 2.45) is 7.05 Å². The third kappa shape index (κ3) is 5.67. The molecule has 3 heterocycles. The average Bonchev–Trinajstić information content (AvgIpc) is 3.22. The molecule has 0 spiro atoms. The van der Waals surface area contributed by atoms with E-state index in [9.17, 15) is 18.4 Å². The number of rotatable bonds is 7. The summed E-state index contributed by atoms with van der Waals surface area (Å²) in [6, 6.07) is 11.9. The van der Waals surface area contributed by atoms with Crippen molar-refractivity contribution in [3.05, 3.63) is 70.3 Å². The van der Waals surface area contributed by atoms with E-state index in [0.717, 1.165) is 11.1 Å². The SMILES string of the molecule is CNC(=O)N1CCN(c2ncc(-c3ccc4c(=O)n(C)n(Cc5cc(CC#N)ccc5OC(F)F)c4c3)cn2)CC1. The van der Waals surface area contributed by atoms with Crippen LogP contribution in [0.4, 0.5) is 19.5 Å². The number of carbonyl (C=O) groups excluding carboxylic acids is 1. The van der Waals surface area contributed by atoms with E-state index < -0.39 is 6.61 Å². The first-order valence-corrected chi connectivity index (χ1v) is 13.0. The lowest BCUT2D eigenvalue weighted by Crippen LogP contribution is -2.51. The number of piperazine rings is 1. The zero-order valence-corrected chi connectivity index (χ0v) is 22.5. The highest BCUT2D eigenvalue weighted by molar-refractivity contribution is 5.84. The van der Waals surface area contributed by atoms with Gasteiger partial charge < -0.3 is 19.9 Å². The maximum atomic E-state index is 13.1. The topological polar surface area (TPSA) is 121 Å². The molecule has 1 saturated heterocycles. The normalized spacial score (nSPS) is 13.5. The molecule has 1 aliphatic heterocycles. The van der Waals surface area contributed by atoms with Crippen LogP contribution in [0.25, 0.3) is 22.0 Å². The molecule has 2 amide bonds. The molecule has 0 radical (unpaired) electrons. The Morgan fingerprint density at radius 1 is 1.10 bits per heavy atom. The van der Waals surface area contributed by atoms with Crippen molar-refractivity contribution in [2.45, 2.75) is 19.6 Å². The average molecular weight is 563 g/mol. The van der Waals surface area contributed by atoms with Gasteiger partial charge in [-0.3, -0.25) is 14.2 Å². The third-order valence-electron chi connectivity index (χ3n) is 7.14. The molecular formula is C28H28F2N8O3. The molecule has 13 heteroatoms. The van der Waals surface area contributed by atoms with E-state index in [0.29, 0.717) is 54.2 Å². The van der Waals surface area contributed by atoms with Gasteiger partial charge >= 0.3 is 12.6 Å². The maximum Gasteiger partial charge on any atom is 0.387 e. The molecule has 212 valence electrons. The summed E-state index contributed by atoms with van der Waals surface area (Å²) in [6.45, 7) is -0.594. The summed E-state index contributed by atoms with van der Waals surface area (Å²) >= 11 is 0. The van der Waals surface area contributed by atoms with Crippen molar-refractivity contribution in [2.75, 3.05) is 38.1 Å². The predicted octanol–water partition coefficient (Wildman–Crippen LogP) is 2.97. The molecule has 2 aromatic heterocycles. The van der Waals surface area contributed by atoms with Gasteiger partial charge in [-0.1, -0.05) is 12.1 Å². The number of benzene rings is 2. The smallest absolute Gasteiger partial charge is 0.387 e. The standard InChI is InChI=1S/C28H28F2N8O3/c1-32-28(40)37-11-9-36(10-12-37)27-33-15-21(16-34-27)19-4-5-22-23(14-19)38(35(2)25(22)39)17-20-13-18(7-8-31)3-6-24(20)41-26(29)30/h3-6,13-16,26H,7,9-12,17H2,1-2H3,(H,32,40). The molecule has 0 saturated carbocycles. The number of hydrogen-bond acceptors (Lipinski definition) is 7. The number of fused-ring (bicyclic) bond motifs is 1. The van der Waals surface area contributed by atoms with Gasteiger partial charge in [0.15, 0.2) is 0 Å². The van der Waals surface area contributed by atoms with Crippen LogP contribution < -0.4 is 20.5 Å². The number of amides is 2. The maximum absolute atomic E-state index is 13.1. The Hall–Kier alpha value is -4.99. The number of anilines is 1. The number of urea groups is 1. The van der Waals surface area contributed by atoms with Gasteiger partial charge in [-0.15, -0.1) is 0 Å². The fourth-order valence-electron chi connectivity index (χ4n) is 4.97. The fraction of sp³-hybridized carbons (Fsp3) is 0.321. The predicted molar refractivity (Wildman–Crippen MR) is 148 cm³/mol. The number of alkyl halides is 2. The Morgan fingerprint density at radius 3 is 2.49 bits per heavy atom. The number of nitrogens with one attached hydrogen (secondary N) is 1. The van der Waals surface area contributed by atoms with Crippen LogP contribution in [-0.2, 0) is 20.0 Å². The minimum absolute atomic E-state index is 0.0210. The molecule has 1 fully saturated rings. The van der Waals surface area contributed by atoms with Crippen molar-refractivity contribution < 1.29 is 18.3 Å². The van der Waals surface area contributed by atoms with Crippen LogP contribution in [0.3, 0.4) is 0 Å². The highest BCUT2D eigenvalue weighted by Crippen LogP contribution is 2.27. The molecule has 4 aromatic rings. The second kappa shape index (κ2) is 11.6. The van der Waals surface area contributed by atoms with Crippen molar-refractivity contribution in [1.29, 1.82) is 5.26 Å². The highest BCUT2D eigenvalue weighted by Gasteiger charge is 2.22. The molecule has 1 N–H and O–H groups in total. The largest absolute Gasteiger partial charge is 0.434 e. The molecule has 41 heavy (non-hydrogen) atoms. The van der Waals surface area contributed by atoms with Gasteiger partial charge in [-0.2, -0.15) is 14.0 Å². The molecule has 0 atom stereocenters. The van der Waals surface area contributed by atoms with Gasteiger partial charge in [0.1, 0.15) is 5.75 Å². The van der Waals surface area contributed by atoms with Crippen LogP contribution in [0.5, 0.6) is 5.75 Å². The molecule has 11 nitrogen and oxygen atoms in total. The van der Waals surface area contributed by atoms with Gasteiger partial charge in [-0.25, -0.2) is 14.8 Å². The summed E-state index contributed by atoms with van der Waals surface area (Å²) in [5.41, 5.74) is 2.94. The van der Waals surface area contributed by atoms with Crippen molar-refractivity contribution in [3.63, 3.8) is 0 Å². The highest BCUT2D eigenvalue weighted by atomic mass is 19.3. The van der Waals surface area contributed by atoms with E-state index in [1.807, 2.05) is 17.0 Å². The summed E-state index contributed by atoms with van der Waals surface area (Å²) in [5, 5.41) is 12.2. The molecule has 0 aliphatic carbocycles. The van der Waals surface area contributed by atoms with Crippen molar-refractivity contribution in [1.82, 2.24) is 29.5 Å². The Balaban J connectivity index is 1.44. The summed E-state index contributed by atoms with van der Waals surface area (Å²) in [4.78, 5) is 37.7. The van der Waals surface area contributed by atoms with E-state index in [4.69, 9.17) is 10.00 Å². The zero-order chi connectivity index (χ0) is 29.1. The first-order valence-electron chi connectivity index (χ1n) is 13.0. The summed E-state index contributed by atoms with van der Waals surface area (Å²) < 4.78 is 34.1. The molecular weight excluding hydrogens is 534 g/mol. The number of nitriles is 1. The van der Waals surface area contributed by atoms with Crippen LogP contribution >= 0.6 is 0 Å². The number of halogens is 2. The number of hydrogen-bond donors (Lipinski definition) is 1. The monoisotopic (exact) mass is 562 g/mol. The minimum Gasteiger partial charge on any atom is -0.434 e. The van der Waals surface area contributed by atoms with Gasteiger partial charge in [0, 0.05) is 63.8 Å². The molecule has 0 unspecified atom stereocenters. The third-order valence-corrected chi connectivity index (χ3v) is 7.14. The molecule has 5 rings (SSSR count). The van der Waals surface area contributed by atoms with Crippen molar-refractivity contribution in [3.8, 4) is 22.9 Å². The Bertz CT molecular complexity index is 1670. The second-order valence-corrected chi connectivity index (χ2v) is 9.57. The summed E-state index contributed by atoms with van der Waals surface area (Å²) in [7, 11) is 3.22. The van der Waals surface area contributed by atoms with Crippen LogP contribution in [0, 0.1) is 11.3 Å². The summed E-state index contributed by atoms with van der Waals surface area (Å²) in [6.07, 6.45) is 3.52. The summed E-state index contributed by atoms with van der Waals surface area (Å²) in [5.74, 6) is 0.541. The van der Waals surface area contributed by atoms with Gasteiger partial charge in [-0.05, 0) is 35.4 Å². The number of aromatic nitrogens is 4. The Labute approximate surface area is 234 Å². The number of carbonyl (C=O) groups is 1. The Kier molecular flexibility index (Phi) is 7.82. The first-order chi connectivity index (χ1) is 19.8. The molecule has 0 bridgehead atoms. The quantitative estimate of drug-likeness (QED) is 0.368. The number of nitrogens with zero attached hydrogens (tertiary/aromatic N) is 7. The van der Waals surface area contributed by atoms with Crippen LogP contribution in [0.15, 0.2) is 53.6 Å². The fourth-order valence-corrected chi connectivity index (χ4v) is 4.97. The van der Waals surface area contributed by atoms with Gasteiger partial charge in [0.2, 0.25) is 5.95 Å². The van der Waals surface area contributed by atoms with Crippen LogP contribution in [0.2, 0.25) is 0 Å². The van der Waals surface area contributed by atoms with E-state index in [-0.39, 0.29) is 30.3 Å². The second-order valence-electron chi connectivity index (χ2n) is 9.57. The van der Waals surface area contributed by atoms with E-state index in [2.05, 4.69) is 21.4 Å².